The van der Waals surface area contributed by atoms with E-state index in [9.17, 15) is 0 Å². The smallest absolute Gasteiger partial charge is 0.220 e. The predicted octanol–water partition coefficient (Wildman–Crippen LogP) is 2.13. The largest absolute Gasteiger partial charge is 0.424 e. The van der Waals surface area contributed by atoms with Crippen LogP contribution in [-0.4, -0.2) is 60.5 Å². The molecule has 7 heteroatoms. The van der Waals surface area contributed by atoms with E-state index in [1.54, 1.807) is 12.1 Å². The average molecular weight is 378 g/mol. The van der Waals surface area contributed by atoms with Crippen molar-refractivity contribution in [2.75, 3.05) is 26.2 Å². The van der Waals surface area contributed by atoms with Gasteiger partial charge in [0, 0.05) is 30.8 Å². The second kappa shape index (κ2) is 6.32. The van der Waals surface area contributed by atoms with Crippen molar-refractivity contribution < 1.29 is 4.74 Å². The molecule has 0 aromatic heterocycles. The van der Waals surface area contributed by atoms with Crippen molar-refractivity contribution in [3.05, 3.63) is 35.9 Å². The highest BCUT2D eigenvalue weighted by molar-refractivity contribution is 6.12. The van der Waals surface area contributed by atoms with Crippen molar-refractivity contribution in [3.8, 4) is 0 Å². The van der Waals surface area contributed by atoms with E-state index >= 15 is 0 Å². The summed E-state index contributed by atoms with van der Waals surface area (Å²) in [5.41, 5.74) is 0.886. The Kier molecular flexibility index (Phi) is 4.00. The summed E-state index contributed by atoms with van der Waals surface area (Å²) in [6.45, 7) is 4.31. The third-order valence-electron chi connectivity index (χ3n) is 7.04. The minimum absolute atomic E-state index is 0.0287. The summed E-state index contributed by atoms with van der Waals surface area (Å²) in [4.78, 5) is 6.91. The normalized spacial score (nSPS) is 36.5. The van der Waals surface area contributed by atoms with Crippen LogP contribution in [0.25, 0.3) is 0 Å². The Morgan fingerprint density at radius 2 is 2.04 bits per heavy atom. The molecule has 0 amide bonds. The second-order valence-electron chi connectivity index (χ2n) is 8.68. The van der Waals surface area contributed by atoms with Crippen molar-refractivity contribution >= 4 is 23.8 Å². The molecule has 4 N–H and O–H groups in total. The van der Waals surface area contributed by atoms with Crippen LogP contribution in [-0.2, 0) is 4.74 Å². The molecule has 3 fully saturated rings. The fourth-order valence-electron chi connectivity index (χ4n) is 5.31. The van der Waals surface area contributed by atoms with Crippen LogP contribution < -0.4 is 5.32 Å². The number of fused-ring (bicyclic) bond motifs is 1. The summed E-state index contributed by atoms with van der Waals surface area (Å²) in [6.07, 6.45) is 5.30. The summed E-state index contributed by atoms with van der Waals surface area (Å²) in [7, 11) is 0. The molecule has 1 aromatic rings. The van der Waals surface area contributed by atoms with Gasteiger partial charge in [-0.2, -0.15) is 0 Å². The van der Waals surface area contributed by atoms with Gasteiger partial charge in [0.05, 0.1) is 11.5 Å². The molecule has 1 aliphatic carbocycles. The number of likely N-dealkylation sites (tertiary alicyclic amines) is 1. The summed E-state index contributed by atoms with van der Waals surface area (Å²) in [5, 5.41) is 28.4. The van der Waals surface area contributed by atoms with E-state index in [1.165, 1.54) is 12.8 Å². The molecule has 1 spiro atoms. The molecule has 4 aliphatic rings. The standard InChI is InChI=1S/C21H26N6O/c22-17-16(19(24)28-18(23)14-4-2-1-3-5-14)15-10-21(15,12-26-17)27-9-7-20(13-27)6-8-25-11-20/h1-5,12,15-16,22-25H,6-11,13H2. The van der Waals surface area contributed by atoms with Gasteiger partial charge >= 0.3 is 0 Å². The monoisotopic (exact) mass is 378 g/mol. The number of hydrogen-bond donors (Lipinski definition) is 4. The molecular weight excluding hydrogens is 352 g/mol. The van der Waals surface area contributed by atoms with Gasteiger partial charge in [0.1, 0.15) is 5.84 Å². The lowest BCUT2D eigenvalue weighted by Crippen LogP contribution is -2.46. The third kappa shape index (κ3) is 2.72. The van der Waals surface area contributed by atoms with E-state index in [0.29, 0.717) is 11.0 Å². The first-order valence-corrected chi connectivity index (χ1v) is 10.0. The highest BCUT2D eigenvalue weighted by Crippen LogP contribution is 2.57. The van der Waals surface area contributed by atoms with Crippen LogP contribution in [0.3, 0.4) is 0 Å². The van der Waals surface area contributed by atoms with E-state index in [2.05, 4.69) is 15.2 Å². The molecular formula is C21H26N6O. The van der Waals surface area contributed by atoms with Crippen LogP contribution in [0.5, 0.6) is 0 Å². The van der Waals surface area contributed by atoms with Gasteiger partial charge in [-0.3, -0.25) is 21.1 Å². The van der Waals surface area contributed by atoms with Crippen molar-refractivity contribution in [2.24, 2.45) is 22.2 Å². The first-order valence-electron chi connectivity index (χ1n) is 10.0. The Bertz CT molecular complexity index is 859. The summed E-state index contributed by atoms with van der Waals surface area (Å²) in [5.74, 6) is -0.207. The minimum atomic E-state index is -0.465. The first kappa shape index (κ1) is 17.7. The van der Waals surface area contributed by atoms with Crippen molar-refractivity contribution in [2.45, 2.75) is 24.8 Å². The van der Waals surface area contributed by atoms with E-state index < -0.39 is 5.92 Å². The molecule has 1 saturated carbocycles. The number of amidine groups is 1. The zero-order valence-corrected chi connectivity index (χ0v) is 15.9. The molecule has 1 aromatic carbocycles. The van der Waals surface area contributed by atoms with Crippen LogP contribution in [0.1, 0.15) is 24.8 Å². The van der Waals surface area contributed by atoms with Gasteiger partial charge in [-0.1, -0.05) is 18.2 Å². The lowest BCUT2D eigenvalue weighted by atomic mass is 9.86. The van der Waals surface area contributed by atoms with Gasteiger partial charge in [0.2, 0.25) is 11.8 Å². The predicted molar refractivity (Wildman–Crippen MR) is 109 cm³/mol. The van der Waals surface area contributed by atoms with Gasteiger partial charge < -0.3 is 10.1 Å². The lowest BCUT2D eigenvalue weighted by molar-refractivity contribution is 0.223. The third-order valence-corrected chi connectivity index (χ3v) is 7.04. The summed E-state index contributed by atoms with van der Waals surface area (Å²) in [6, 6.07) is 9.16. The lowest BCUT2D eigenvalue weighted by Gasteiger charge is -2.32. The van der Waals surface area contributed by atoms with Gasteiger partial charge in [-0.15, -0.1) is 0 Å². The number of ether oxygens (including phenoxy) is 1. The number of nitrogens with zero attached hydrogens (tertiary/aromatic N) is 2. The molecule has 0 bridgehead atoms. The Labute approximate surface area is 164 Å². The summed E-state index contributed by atoms with van der Waals surface area (Å²) < 4.78 is 5.57. The van der Waals surface area contributed by atoms with Gasteiger partial charge in [0.25, 0.3) is 0 Å². The molecule has 7 nitrogen and oxygen atoms in total. The van der Waals surface area contributed by atoms with E-state index in [1.807, 2.05) is 24.4 Å². The van der Waals surface area contributed by atoms with Crippen LogP contribution >= 0.6 is 0 Å². The van der Waals surface area contributed by atoms with E-state index in [0.717, 1.165) is 32.6 Å². The van der Waals surface area contributed by atoms with E-state index in [4.69, 9.17) is 21.0 Å². The molecule has 3 aliphatic heterocycles. The van der Waals surface area contributed by atoms with E-state index in [-0.39, 0.29) is 29.1 Å². The molecule has 146 valence electrons. The average Bonchev–Trinajstić information content (AvgIpc) is 3.05. The fraction of sp³-hybridized carbons (Fsp3) is 0.524. The minimum Gasteiger partial charge on any atom is -0.424 e. The molecule has 5 rings (SSSR count). The first-order chi connectivity index (χ1) is 13.5. The number of rotatable bonds is 3. The highest BCUT2D eigenvalue weighted by atomic mass is 16.5. The molecule has 4 atom stereocenters. The molecule has 3 heterocycles. The topological polar surface area (TPSA) is 108 Å². The van der Waals surface area contributed by atoms with Crippen molar-refractivity contribution in [3.63, 3.8) is 0 Å². The second-order valence-corrected chi connectivity index (χ2v) is 8.68. The molecule has 0 radical (unpaired) electrons. The quantitative estimate of drug-likeness (QED) is 0.478. The Morgan fingerprint density at radius 3 is 2.79 bits per heavy atom. The van der Waals surface area contributed by atoms with Crippen LogP contribution in [0.15, 0.2) is 35.3 Å². The Morgan fingerprint density at radius 1 is 1.21 bits per heavy atom. The van der Waals surface area contributed by atoms with Gasteiger partial charge in [-0.05, 0) is 49.9 Å². The number of nitrogens with one attached hydrogen (secondary N) is 4. The van der Waals surface area contributed by atoms with Crippen molar-refractivity contribution in [1.29, 1.82) is 16.2 Å². The zero-order valence-electron chi connectivity index (χ0n) is 15.9. The number of benzene rings is 1. The Balaban J connectivity index is 1.31. The Hall–Kier alpha value is -2.38. The maximum absolute atomic E-state index is 8.46. The highest BCUT2D eigenvalue weighted by Gasteiger charge is 2.66. The number of hydrogen-bond acceptors (Lipinski definition) is 6. The summed E-state index contributed by atoms with van der Waals surface area (Å²) >= 11 is 0. The fourth-order valence-corrected chi connectivity index (χ4v) is 5.31. The van der Waals surface area contributed by atoms with Gasteiger partial charge in [-0.25, -0.2) is 4.99 Å². The SMILES string of the molecule is N=C(OC(=N)C1C(=N)N=CC2(N3CCC4(CCNC4)C3)CC12)c1ccccc1. The van der Waals surface area contributed by atoms with Crippen LogP contribution in [0, 0.1) is 33.5 Å². The van der Waals surface area contributed by atoms with Crippen LogP contribution in [0.4, 0.5) is 0 Å². The molecule has 2 saturated heterocycles. The van der Waals surface area contributed by atoms with Crippen LogP contribution in [0.2, 0.25) is 0 Å². The number of aliphatic imine (C=N–C) groups is 1. The van der Waals surface area contributed by atoms with Gasteiger partial charge in [0.15, 0.2) is 0 Å². The molecule has 4 unspecified atom stereocenters. The zero-order chi connectivity index (χ0) is 19.4. The maximum Gasteiger partial charge on any atom is 0.220 e. The molecule has 28 heavy (non-hydrogen) atoms. The maximum atomic E-state index is 8.46. The van der Waals surface area contributed by atoms with Crippen molar-refractivity contribution in [1.82, 2.24) is 10.2 Å².